The van der Waals surface area contributed by atoms with Crippen molar-refractivity contribution in [3.05, 3.63) is 0 Å². The van der Waals surface area contributed by atoms with E-state index in [1.54, 1.807) is 0 Å². The zero-order valence-corrected chi connectivity index (χ0v) is 10.2. The maximum absolute atomic E-state index is 11.6. The second-order valence-electron chi connectivity index (χ2n) is 5.50. The van der Waals surface area contributed by atoms with Gasteiger partial charge in [-0.05, 0) is 24.2 Å². The molecule has 1 amide bonds. The number of carbonyl (C=O) groups is 1. The van der Waals surface area contributed by atoms with Gasteiger partial charge < -0.3 is 11.1 Å². The molecule has 0 bridgehead atoms. The van der Waals surface area contributed by atoms with Crippen LogP contribution >= 0.6 is 0 Å². The van der Waals surface area contributed by atoms with E-state index in [0.717, 1.165) is 6.42 Å². The molecule has 3 heteroatoms. The van der Waals surface area contributed by atoms with Gasteiger partial charge in [0.15, 0.2) is 0 Å². The second kappa shape index (κ2) is 4.97. The lowest BCUT2D eigenvalue weighted by Gasteiger charge is -2.22. The van der Waals surface area contributed by atoms with Crippen LogP contribution in [0.5, 0.6) is 0 Å². The molecule has 3 N–H and O–H groups in total. The van der Waals surface area contributed by atoms with E-state index in [4.69, 9.17) is 5.73 Å². The third-order valence-electron chi connectivity index (χ3n) is 3.36. The Kier molecular flexibility index (Phi) is 4.14. The zero-order chi connectivity index (χ0) is 11.5. The van der Waals surface area contributed by atoms with E-state index in [1.807, 2.05) is 0 Å². The Morgan fingerprint density at radius 2 is 2.13 bits per heavy atom. The highest BCUT2D eigenvalue weighted by molar-refractivity contribution is 5.76. The minimum Gasteiger partial charge on any atom is -0.355 e. The van der Waals surface area contributed by atoms with E-state index in [-0.39, 0.29) is 17.4 Å². The molecule has 0 radical (unpaired) electrons. The van der Waals surface area contributed by atoms with Crippen molar-refractivity contribution in [3.8, 4) is 0 Å². The van der Waals surface area contributed by atoms with Crippen LogP contribution in [-0.4, -0.2) is 18.5 Å². The third-order valence-corrected chi connectivity index (χ3v) is 3.36. The van der Waals surface area contributed by atoms with Gasteiger partial charge >= 0.3 is 0 Å². The van der Waals surface area contributed by atoms with E-state index < -0.39 is 0 Å². The van der Waals surface area contributed by atoms with Crippen LogP contribution in [-0.2, 0) is 4.79 Å². The monoisotopic (exact) mass is 212 g/mol. The van der Waals surface area contributed by atoms with E-state index in [2.05, 4.69) is 26.1 Å². The first-order valence-electron chi connectivity index (χ1n) is 5.97. The number of carbonyl (C=O) groups excluding carboxylic acids is 1. The molecule has 0 aromatic carbocycles. The number of hydrogen-bond acceptors (Lipinski definition) is 2. The lowest BCUT2D eigenvalue weighted by Crippen LogP contribution is -2.39. The minimum atomic E-state index is 0.105. The van der Waals surface area contributed by atoms with Gasteiger partial charge in [0.1, 0.15) is 0 Å². The molecule has 0 spiro atoms. The van der Waals surface area contributed by atoms with E-state index >= 15 is 0 Å². The lowest BCUT2D eigenvalue weighted by molar-refractivity contribution is -0.123. The number of nitrogens with one attached hydrogen (secondary N) is 1. The smallest absolute Gasteiger partial charge is 0.220 e. The fraction of sp³-hybridized carbons (Fsp3) is 0.917. The van der Waals surface area contributed by atoms with Crippen molar-refractivity contribution < 1.29 is 4.79 Å². The number of hydrogen-bond donors (Lipinski definition) is 2. The first kappa shape index (κ1) is 12.5. The summed E-state index contributed by atoms with van der Waals surface area (Å²) in [6, 6.07) is 0.165. The largest absolute Gasteiger partial charge is 0.355 e. The molecule has 1 rings (SSSR count). The summed E-state index contributed by atoms with van der Waals surface area (Å²) >= 11 is 0. The van der Waals surface area contributed by atoms with Gasteiger partial charge in [0, 0.05) is 19.0 Å². The topological polar surface area (TPSA) is 55.1 Å². The van der Waals surface area contributed by atoms with E-state index in [1.165, 1.54) is 12.8 Å². The fourth-order valence-corrected chi connectivity index (χ4v) is 1.54. The van der Waals surface area contributed by atoms with Crippen LogP contribution in [0.2, 0.25) is 0 Å². The van der Waals surface area contributed by atoms with Crippen molar-refractivity contribution in [2.75, 3.05) is 6.54 Å². The van der Waals surface area contributed by atoms with E-state index in [0.29, 0.717) is 18.9 Å². The van der Waals surface area contributed by atoms with Gasteiger partial charge in [-0.3, -0.25) is 4.79 Å². The van der Waals surface area contributed by atoms with Crippen molar-refractivity contribution >= 4 is 5.91 Å². The van der Waals surface area contributed by atoms with Crippen LogP contribution in [0, 0.1) is 11.3 Å². The Morgan fingerprint density at radius 1 is 1.53 bits per heavy atom. The summed E-state index contributed by atoms with van der Waals surface area (Å²) in [6.07, 6.45) is 4.09. The van der Waals surface area contributed by atoms with Crippen LogP contribution in [0.4, 0.5) is 0 Å². The standard InChI is InChI=1S/C12H24N2O/c1-4-12(2,3)7-11(15)14-8-10(13)9-5-6-9/h9-10H,4-8,13H2,1-3H3,(H,14,15). The molecule has 0 aromatic rings. The van der Waals surface area contributed by atoms with Crippen molar-refractivity contribution in [1.29, 1.82) is 0 Å². The summed E-state index contributed by atoms with van der Waals surface area (Å²) < 4.78 is 0. The van der Waals surface area contributed by atoms with Gasteiger partial charge in [0.25, 0.3) is 0 Å². The maximum Gasteiger partial charge on any atom is 0.220 e. The molecule has 15 heavy (non-hydrogen) atoms. The maximum atomic E-state index is 11.6. The normalized spacial score (nSPS) is 18.7. The first-order valence-corrected chi connectivity index (χ1v) is 5.97. The van der Waals surface area contributed by atoms with Crippen LogP contribution in [0.1, 0.15) is 46.5 Å². The fourth-order valence-electron chi connectivity index (χ4n) is 1.54. The summed E-state index contributed by atoms with van der Waals surface area (Å²) in [6.45, 7) is 6.99. The second-order valence-corrected chi connectivity index (χ2v) is 5.50. The predicted molar refractivity (Wildman–Crippen MR) is 62.4 cm³/mol. The first-order chi connectivity index (χ1) is 6.94. The van der Waals surface area contributed by atoms with Crippen LogP contribution in [0.15, 0.2) is 0 Å². The average molecular weight is 212 g/mol. The van der Waals surface area contributed by atoms with Gasteiger partial charge in [-0.1, -0.05) is 27.2 Å². The highest BCUT2D eigenvalue weighted by atomic mass is 16.1. The molecule has 1 saturated carbocycles. The molecule has 0 aliphatic heterocycles. The van der Waals surface area contributed by atoms with Crippen molar-refractivity contribution in [3.63, 3.8) is 0 Å². The number of nitrogens with two attached hydrogens (primary N) is 1. The summed E-state index contributed by atoms with van der Waals surface area (Å²) in [5.74, 6) is 0.794. The van der Waals surface area contributed by atoms with Crippen molar-refractivity contribution in [2.45, 2.75) is 52.5 Å². The number of amides is 1. The Balaban J connectivity index is 2.17. The molecule has 0 saturated heterocycles. The number of rotatable bonds is 6. The minimum absolute atomic E-state index is 0.105. The molecule has 1 atom stereocenters. The molecule has 1 fully saturated rings. The van der Waals surface area contributed by atoms with Crippen LogP contribution < -0.4 is 11.1 Å². The van der Waals surface area contributed by atoms with Crippen molar-refractivity contribution in [2.24, 2.45) is 17.1 Å². The molecule has 0 aromatic heterocycles. The van der Waals surface area contributed by atoms with Gasteiger partial charge in [-0.2, -0.15) is 0 Å². The molecule has 1 aliphatic carbocycles. The van der Waals surface area contributed by atoms with Gasteiger partial charge in [-0.15, -0.1) is 0 Å². The Labute approximate surface area is 92.8 Å². The highest BCUT2D eigenvalue weighted by Crippen LogP contribution is 2.31. The van der Waals surface area contributed by atoms with E-state index in [9.17, 15) is 4.79 Å². The van der Waals surface area contributed by atoms with Gasteiger partial charge in [0.05, 0.1) is 0 Å². The van der Waals surface area contributed by atoms with Crippen molar-refractivity contribution in [1.82, 2.24) is 5.32 Å². The third kappa shape index (κ3) is 4.65. The highest BCUT2D eigenvalue weighted by Gasteiger charge is 2.28. The average Bonchev–Trinajstić information content (AvgIpc) is 2.96. The zero-order valence-electron chi connectivity index (χ0n) is 10.2. The molecule has 88 valence electrons. The Hall–Kier alpha value is -0.570. The summed E-state index contributed by atoms with van der Waals surface area (Å²) in [5.41, 5.74) is 6.01. The molecular weight excluding hydrogens is 188 g/mol. The van der Waals surface area contributed by atoms with Crippen LogP contribution in [0.25, 0.3) is 0 Å². The summed E-state index contributed by atoms with van der Waals surface area (Å²) in [4.78, 5) is 11.6. The summed E-state index contributed by atoms with van der Waals surface area (Å²) in [7, 11) is 0. The van der Waals surface area contributed by atoms with Crippen LogP contribution in [0.3, 0.4) is 0 Å². The lowest BCUT2D eigenvalue weighted by atomic mass is 9.86. The molecular formula is C12H24N2O. The molecule has 3 nitrogen and oxygen atoms in total. The Bertz CT molecular complexity index is 222. The molecule has 0 heterocycles. The van der Waals surface area contributed by atoms with Gasteiger partial charge in [0.2, 0.25) is 5.91 Å². The summed E-state index contributed by atoms with van der Waals surface area (Å²) in [5, 5.41) is 2.93. The molecule has 1 unspecified atom stereocenters. The SMILES string of the molecule is CCC(C)(C)CC(=O)NCC(N)C1CC1. The predicted octanol–water partition coefficient (Wildman–Crippen LogP) is 1.67. The molecule has 1 aliphatic rings. The quantitative estimate of drug-likeness (QED) is 0.703. The Morgan fingerprint density at radius 3 is 2.60 bits per heavy atom. The van der Waals surface area contributed by atoms with Gasteiger partial charge in [-0.25, -0.2) is 0 Å².